The number of benzene rings is 1. The van der Waals surface area contributed by atoms with Crippen LogP contribution < -0.4 is 0 Å². The summed E-state index contributed by atoms with van der Waals surface area (Å²) in [7, 11) is 0. The summed E-state index contributed by atoms with van der Waals surface area (Å²) in [4.78, 5) is 31.3. The van der Waals surface area contributed by atoms with Crippen molar-refractivity contribution in [2.24, 2.45) is 0 Å². The smallest absolute Gasteiger partial charge is 0.236 e. The van der Waals surface area contributed by atoms with Gasteiger partial charge in [-0.3, -0.25) is 14.5 Å². The molecule has 3 heterocycles. The van der Waals surface area contributed by atoms with Crippen LogP contribution in [0.2, 0.25) is 0 Å². The Morgan fingerprint density at radius 3 is 2.39 bits per heavy atom. The number of nitrogens with zero attached hydrogens (tertiary/aromatic N) is 3. The number of piperidine rings is 1. The molecule has 0 spiro atoms. The van der Waals surface area contributed by atoms with Crippen LogP contribution in [0.5, 0.6) is 0 Å². The van der Waals surface area contributed by atoms with E-state index in [2.05, 4.69) is 4.90 Å². The predicted molar refractivity (Wildman–Crippen MR) is 108 cm³/mol. The summed E-state index contributed by atoms with van der Waals surface area (Å²) in [6.07, 6.45) is 5.54. The maximum Gasteiger partial charge on any atom is 0.236 e. The molecule has 6 nitrogen and oxygen atoms in total. The zero-order chi connectivity index (χ0) is 19.5. The Balaban J connectivity index is 1.28. The largest absolute Gasteiger partial charge is 0.464 e. The molecule has 2 fully saturated rings. The van der Waals surface area contributed by atoms with Crippen LogP contribution in [-0.2, 0) is 16.0 Å². The number of amides is 2. The summed E-state index contributed by atoms with van der Waals surface area (Å²) < 4.78 is 5.62. The Kier molecular flexibility index (Phi) is 5.67. The van der Waals surface area contributed by atoms with Gasteiger partial charge in [-0.15, -0.1) is 0 Å². The molecule has 6 heteroatoms. The van der Waals surface area contributed by atoms with Crippen LogP contribution >= 0.6 is 0 Å². The van der Waals surface area contributed by atoms with Gasteiger partial charge < -0.3 is 14.2 Å². The first kappa shape index (κ1) is 19.0. The summed E-state index contributed by atoms with van der Waals surface area (Å²) in [6, 6.07) is 6.08. The molecule has 1 aromatic heterocycles. The van der Waals surface area contributed by atoms with Gasteiger partial charge in [-0.25, -0.2) is 0 Å². The Morgan fingerprint density at radius 1 is 0.929 bits per heavy atom. The number of hydrogen-bond donors (Lipinski definition) is 0. The van der Waals surface area contributed by atoms with Gasteiger partial charge in [-0.1, -0.05) is 12.1 Å². The van der Waals surface area contributed by atoms with Gasteiger partial charge in [0.15, 0.2) is 0 Å². The first-order chi connectivity index (χ1) is 13.6. The maximum absolute atomic E-state index is 12.7. The average molecular weight is 383 g/mol. The molecule has 0 bridgehead atoms. The normalized spacial score (nSPS) is 18.6. The molecule has 0 saturated carbocycles. The number of hydrogen-bond acceptors (Lipinski definition) is 4. The lowest BCUT2D eigenvalue weighted by Gasteiger charge is -2.36. The lowest BCUT2D eigenvalue weighted by atomic mass is 10.1. The van der Waals surface area contributed by atoms with E-state index in [4.69, 9.17) is 4.42 Å². The van der Waals surface area contributed by atoms with Crippen molar-refractivity contribution >= 4 is 22.8 Å². The van der Waals surface area contributed by atoms with Crippen molar-refractivity contribution < 1.29 is 14.0 Å². The van der Waals surface area contributed by atoms with Gasteiger partial charge in [0.25, 0.3) is 0 Å². The second-order valence-corrected chi connectivity index (χ2v) is 8.04. The van der Waals surface area contributed by atoms with E-state index in [9.17, 15) is 9.59 Å². The van der Waals surface area contributed by atoms with Crippen LogP contribution in [-0.4, -0.2) is 72.3 Å². The van der Waals surface area contributed by atoms with Gasteiger partial charge in [-0.05, 0) is 37.8 Å². The second kappa shape index (κ2) is 8.35. The molecule has 0 radical (unpaired) electrons. The zero-order valence-electron chi connectivity index (χ0n) is 16.7. The minimum atomic E-state index is 0.130. The van der Waals surface area contributed by atoms with Gasteiger partial charge >= 0.3 is 0 Å². The third-order valence-corrected chi connectivity index (χ3v) is 5.95. The quantitative estimate of drug-likeness (QED) is 0.814. The number of furan rings is 1. The standard InChI is InChI=1S/C22H29N3O3/c1-17-5-6-19-18(16-28-20(19)13-17)14-21(26)25-11-9-23(10-12-25)15-22(27)24-7-3-2-4-8-24/h5-6,13,16H,2-4,7-12,14-15H2,1H3. The van der Waals surface area contributed by atoms with Crippen molar-refractivity contribution in [1.29, 1.82) is 0 Å². The van der Waals surface area contributed by atoms with Crippen LogP contribution in [0, 0.1) is 6.92 Å². The van der Waals surface area contributed by atoms with Crippen molar-refractivity contribution in [2.45, 2.75) is 32.6 Å². The molecule has 2 amide bonds. The van der Waals surface area contributed by atoms with Gasteiger partial charge in [0.2, 0.25) is 11.8 Å². The average Bonchev–Trinajstić information content (AvgIpc) is 3.10. The monoisotopic (exact) mass is 383 g/mol. The van der Waals surface area contributed by atoms with E-state index >= 15 is 0 Å². The lowest BCUT2D eigenvalue weighted by molar-refractivity contribution is -0.135. The maximum atomic E-state index is 12.7. The van der Waals surface area contributed by atoms with Crippen LogP contribution in [0.3, 0.4) is 0 Å². The third kappa shape index (κ3) is 4.22. The highest BCUT2D eigenvalue weighted by Crippen LogP contribution is 2.23. The highest BCUT2D eigenvalue weighted by atomic mass is 16.3. The van der Waals surface area contributed by atoms with Gasteiger partial charge in [0.05, 0.1) is 19.2 Å². The van der Waals surface area contributed by atoms with Crippen LogP contribution in [0.25, 0.3) is 11.0 Å². The number of aryl methyl sites for hydroxylation is 1. The number of piperazine rings is 1. The third-order valence-electron chi connectivity index (χ3n) is 5.95. The van der Waals surface area contributed by atoms with Crippen LogP contribution in [0.4, 0.5) is 0 Å². The Bertz CT molecular complexity index is 846. The molecule has 2 aliphatic rings. The number of rotatable bonds is 4. The van der Waals surface area contributed by atoms with E-state index in [1.165, 1.54) is 6.42 Å². The molecule has 1 aromatic carbocycles. The highest BCUT2D eigenvalue weighted by molar-refractivity contribution is 5.88. The fourth-order valence-electron chi connectivity index (χ4n) is 4.19. The molecule has 2 aliphatic heterocycles. The molecule has 2 aromatic rings. The molecule has 4 rings (SSSR count). The first-order valence-corrected chi connectivity index (χ1v) is 10.3. The number of likely N-dealkylation sites (tertiary alicyclic amines) is 1. The number of carbonyl (C=O) groups excluding carboxylic acids is 2. The summed E-state index contributed by atoms with van der Waals surface area (Å²) in [5, 5.41) is 1.02. The van der Waals surface area contributed by atoms with E-state index in [0.29, 0.717) is 26.1 Å². The minimum absolute atomic E-state index is 0.130. The van der Waals surface area contributed by atoms with E-state index in [1.54, 1.807) is 6.26 Å². The van der Waals surface area contributed by atoms with Crippen molar-refractivity contribution in [1.82, 2.24) is 14.7 Å². The van der Waals surface area contributed by atoms with Crippen molar-refractivity contribution in [2.75, 3.05) is 45.8 Å². The summed E-state index contributed by atoms with van der Waals surface area (Å²) in [6.45, 7) is 7.19. The summed E-state index contributed by atoms with van der Waals surface area (Å²) >= 11 is 0. The molecule has 28 heavy (non-hydrogen) atoms. The molecule has 0 aliphatic carbocycles. The number of carbonyl (C=O) groups is 2. The van der Waals surface area contributed by atoms with Crippen LogP contribution in [0.1, 0.15) is 30.4 Å². The predicted octanol–water partition coefficient (Wildman–Crippen LogP) is 2.44. The molecule has 0 atom stereocenters. The SMILES string of the molecule is Cc1ccc2c(CC(=O)N3CCN(CC(=O)N4CCCCC4)CC3)coc2c1. The first-order valence-electron chi connectivity index (χ1n) is 10.3. The molecule has 0 unspecified atom stereocenters. The van der Waals surface area contributed by atoms with Crippen LogP contribution in [0.15, 0.2) is 28.9 Å². The molecular formula is C22H29N3O3. The zero-order valence-corrected chi connectivity index (χ0v) is 16.7. The number of fused-ring (bicyclic) bond motifs is 1. The molecular weight excluding hydrogens is 354 g/mol. The fourth-order valence-corrected chi connectivity index (χ4v) is 4.19. The van der Waals surface area contributed by atoms with Gasteiger partial charge in [-0.2, -0.15) is 0 Å². The van der Waals surface area contributed by atoms with Gasteiger partial charge in [0, 0.05) is 50.2 Å². The van der Waals surface area contributed by atoms with E-state index < -0.39 is 0 Å². The van der Waals surface area contributed by atoms with Crippen molar-refractivity contribution in [3.8, 4) is 0 Å². The van der Waals surface area contributed by atoms with E-state index in [1.807, 2.05) is 34.9 Å². The minimum Gasteiger partial charge on any atom is -0.464 e. The topological polar surface area (TPSA) is 57.0 Å². The fraction of sp³-hybridized carbons (Fsp3) is 0.545. The summed E-state index contributed by atoms with van der Waals surface area (Å²) in [5.41, 5.74) is 2.93. The Morgan fingerprint density at radius 2 is 1.64 bits per heavy atom. The second-order valence-electron chi connectivity index (χ2n) is 8.04. The molecule has 150 valence electrons. The Hall–Kier alpha value is -2.34. The molecule has 0 N–H and O–H groups in total. The van der Waals surface area contributed by atoms with E-state index in [-0.39, 0.29) is 11.8 Å². The highest BCUT2D eigenvalue weighted by Gasteiger charge is 2.25. The van der Waals surface area contributed by atoms with Crippen molar-refractivity contribution in [3.05, 3.63) is 35.6 Å². The van der Waals surface area contributed by atoms with Gasteiger partial charge in [0.1, 0.15) is 5.58 Å². The van der Waals surface area contributed by atoms with Crippen molar-refractivity contribution in [3.63, 3.8) is 0 Å². The van der Waals surface area contributed by atoms with E-state index in [0.717, 1.165) is 61.1 Å². The lowest BCUT2D eigenvalue weighted by Crippen LogP contribution is -2.52. The molecule has 2 saturated heterocycles. The Labute approximate surface area is 166 Å². The summed E-state index contributed by atoms with van der Waals surface area (Å²) in [5.74, 6) is 0.366.